The molecule has 2 heterocycles. The van der Waals surface area contributed by atoms with Crippen molar-refractivity contribution < 1.29 is 27.1 Å². The van der Waals surface area contributed by atoms with Crippen molar-refractivity contribution in [1.29, 1.82) is 0 Å². The van der Waals surface area contributed by atoms with Gasteiger partial charge in [-0.05, 0) is 43.0 Å². The number of sulfonamides is 1. The summed E-state index contributed by atoms with van der Waals surface area (Å²) in [6.45, 7) is 3.95. The van der Waals surface area contributed by atoms with Crippen molar-refractivity contribution in [3.05, 3.63) is 47.4 Å². The molecule has 1 saturated carbocycles. The van der Waals surface area contributed by atoms with E-state index in [2.05, 4.69) is 9.97 Å². The topological polar surface area (TPSA) is 102 Å². The highest BCUT2D eigenvalue weighted by atomic mass is 32.2. The Labute approximate surface area is 242 Å². The standard InChI is InChI=1S/C30H41FN4O5S/c1-20(2)27-25(28(21-10-12-22(31)13-11-21)33-29(32-27)35(5)41(6,37)38)15-14-23-18-24(19-26(36)34(3)4)40-30(39-23)16-8-7-9-17-30/h10-15,20,23-24H,7-9,16-19H2,1-6H3. The molecular weight excluding hydrogens is 547 g/mol. The molecule has 1 aliphatic carbocycles. The Morgan fingerprint density at radius 3 is 2.34 bits per heavy atom. The van der Waals surface area contributed by atoms with E-state index in [1.54, 1.807) is 31.1 Å². The number of hydrogen-bond acceptors (Lipinski definition) is 7. The largest absolute Gasteiger partial charge is 0.349 e. The molecule has 9 nitrogen and oxygen atoms in total. The third kappa shape index (κ3) is 7.50. The van der Waals surface area contributed by atoms with Gasteiger partial charge in [0, 0.05) is 51.5 Å². The van der Waals surface area contributed by atoms with Crippen LogP contribution in [0.5, 0.6) is 0 Å². The molecule has 1 aliphatic heterocycles. The first-order chi connectivity index (χ1) is 19.3. The van der Waals surface area contributed by atoms with Gasteiger partial charge >= 0.3 is 0 Å². The molecule has 2 fully saturated rings. The molecule has 0 N–H and O–H groups in total. The summed E-state index contributed by atoms with van der Waals surface area (Å²) in [7, 11) is 1.27. The number of anilines is 1. The summed E-state index contributed by atoms with van der Waals surface area (Å²) in [5.74, 6) is -1.13. The van der Waals surface area contributed by atoms with Crippen molar-refractivity contribution in [3.8, 4) is 11.3 Å². The minimum absolute atomic E-state index is 0.00487. The zero-order valence-corrected chi connectivity index (χ0v) is 25.6. The molecule has 1 amide bonds. The van der Waals surface area contributed by atoms with Gasteiger partial charge in [-0.25, -0.2) is 27.1 Å². The van der Waals surface area contributed by atoms with E-state index >= 15 is 0 Å². The second kappa shape index (κ2) is 12.5. The Kier molecular flexibility index (Phi) is 9.50. The third-order valence-electron chi connectivity index (χ3n) is 7.64. The van der Waals surface area contributed by atoms with Crippen molar-refractivity contribution in [2.45, 2.75) is 82.7 Å². The molecule has 224 valence electrons. The van der Waals surface area contributed by atoms with Gasteiger partial charge in [-0.15, -0.1) is 0 Å². The lowest BCUT2D eigenvalue weighted by molar-refractivity contribution is -0.320. The Hall–Kier alpha value is -2.89. The lowest BCUT2D eigenvalue weighted by atomic mass is 9.91. The third-order valence-corrected chi connectivity index (χ3v) is 8.80. The molecule has 1 spiro atoms. The highest BCUT2D eigenvalue weighted by Crippen LogP contribution is 2.41. The van der Waals surface area contributed by atoms with Gasteiger partial charge in [-0.3, -0.25) is 4.79 Å². The Morgan fingerprint density at radius 2 is 1.76 bits per heavy atom. The van der Waals surface area contributed by atoms with Gasteiger partial charge in [0.1, 0.15) is 5.82 Å². The number of hydrogen-bond donors (Lipinski definition) is 0. The maximum Gasteiger partial charge on any atom is 0.239 e. The zero-order chi connectivity index (χ0) is 29.9. The summed E-state index contributed by atoms with van der Waals surface area (Å²) in [6, 6.07) is 5.93. The molecular formula is C30H41FN4O5S. The number of carbonyl (C=O) groups is 1. The molecule has 41 heavy (non-hydrogen) atoms. The lowest BCUT2D eigenvalue weighted by Crippen LogP contribution is -2.50. The van der Waals surface area contributed by atoms with Crippen LogP contribution in [0.2, 0.25) is 0 Å². The second-order valence-corrected chi connectivity index (χ2v) is 13.5. The van der Waals surface area contributed by atoms with Gasteiger partial charge < -0.3 is 14.4 Å². The van der Waals surface area contributed by atoms with Crippen LogP contribution in [-0.2, 0) is 24.3 Å². The average Bonchev–Trinajstić information content (AvgIpc) is 2.91. The van der Waals surface area contributed by atoms with Crippen LogP contribution in [-0.4, -0.2) is 74.6 Å². The van der Waals surface area contributed by atoms with Crippen LogP contribution in [0.15, 0.2) is 30.3 Å². The number of amides is 1. The number of rotatable bonds is 8. The van der Waals surface area contributed by atoms with E-state index in [-0.39, 0.29) is 42.2 Å². The second-order valence-electron chi connectivity index (χ2n) is 11.5. The smallest absolute Gasteiger partial charge is 0.239 e. The Morgan fingerprint density at radius 1 is 1.10 bits per heavy atom. The van der Waals surface area contributed by atoms with E-state index in [0.717, 1.165) is 42.7 Å². The van der Waals surface area contributed by atoms with Crippen LogP contribution in [0, 0.1) is 5.82 Å². The SMILES string of the molecule is CC(C)c1nc(N(C)S(C)(=O)=O)nc(-c2ccc(F)cc2)c1C=CC1CC(CC(=O)N(C)C)OC2(CCCCC2)O1. The highest BCUT2D eigenvalue weighted by Gasteiger charge is 2.43. The normalized spacial score (nSPS) is 21.0. The first-order valence-corrected chi connectivity index (χ1v) is 16.0. The quantitative estimate of drug-likeness (QED) is 0.421. The van der Waals surface area contributed by atoms with Crippen molar-refractivity contribution in [2.24, 2.45) is 0 Å². The van der Waals surface area contributed by atoms with E-state index < -0.39 is 15.8 Å². The first-order valence-electron chi connectivity index (χ1n) is 14.1. The van der Waals surface area contributed by atoms with E-state index in [1.165, 1.54) is 19.2 Å². The maximum atomic E-state index is 13.8. The number of ether oxygens (including phenoxy) is 2. The molecule has 2 unspecified atom stereocenters. The van der Waals surface area contributed by atoms with Crippen LogP contribution in [0.25, 0.3) is 17.3 Å². The molecule has 1 saturated heterocycles. The minimum atomic E-state index is -3.62. The van der Waals surface area contributed by atoms with Crippen LogP contribution >= 0.6 is 0 Å². The number of benzene rings is 1. The predicted octanol–water partition coefficient (Wildman–Crippen LogP) is 5.13. The average molecular weight is 589 g/mol. The van der Waals surface area contributed by atoms with Gasteiger partial charge in [-0.2, -0.15) is 0 Å². The fourth-order valence-electron chi connectivity index (χ4n) is 5.31. The molecule has 1 aromatic carbocycles. The summed E-state index contributed by atoms with van der Waals surface area (Å²) in [4.78, 5) is 23.5. The molecule has 2 atom stereocenters. The molecule has 1 aromatic heterocycles. The monoisotopic (exact) mass is 588 g/mol. The van der Waals surface area contributed by atoms with Crippen molar-refractivity contribution in [2.75, 3.05) is 31.7 Å². The molecule has 0 radical (unpaired) electrons. The van der Waals surface area contributed by atoms with E-state index in [4.69, 9.17) is 9.47 Å². The first kappa shape index (κ1) is 31.1. The molecule has 4 rings (SSSR count). The molecule has 2 aliphatic rings. The Balaban J connectivity index is 1.77. The van der Waals surface area contributed by atoms with E-state index in [9.17, 15) is 17.6 Å². The zero-order valence-electron chi connectivity index (χ0n) is 24.8. The number of halogens is 1. The maximum absolute atomic E-state index is 13.8. The summed E-state index contributed by atoms with van der Waals surface area (Å²) in [6.07, 6.45) is 9.83. The highest BCUT2D eigenvalue weighted by molar-refractivity contribution is 7.92. The predicted molar refractivity (Wildman–Crippen MR) is 157 cm³/mol. The summed E-state index contributed by atoms with van der Waals surface area (Å²) in [5, 5.41) is 0. The van der Waals surface area contributed by atoms with Gasteiger partial charge in [0.15, 0.2) is 5.79 Å². The lowest BCUT2D eigenvalue weighted by Gasteiger charge is -2.46. The van der Waals surface area contributed by atoms with Crippen LogP contribution < -0.4 is 4.31 Å². The Bertz CT molecular complexity index is 1370. The van der Waals surface area contributed by atoms with E-state index in [1.807, 2.05) is 26.0 Å². The number of carbonyl (C=O) groups excluding carboxylic acids is 1. The fourth-order valence-corrected chi connectivity index (χ4v) is 5.69. The summed E-state index contributed by atoms with van der Waals surface area (Å²) >= 11 is 0. The summed E-state index contributed by atoms with van der Waals surface area (Å²) in [5.41, 5.74) is 2.47. The number of aromatic nitrogens is 2. The number of nitrogens with zero attached hydrogens (tertiary/aromatic N) is 4. The minimum Gasteiger partial charge on any atom is -0.349 e. The summed E-state index contributed by atoms with van der Waals surface area (Å²) < 4.78 is 52.6. The fraction of sp³-hybridized carbons (Fsp3) is 0.567. The van der Waals surface area contributed by atoms with Crippen LogP contribution in [0.4, 0.5) is 10.3 Å². The van der Waals surface area contributed by atoms with Crippen molar-refractivity contribution in [1.82, 2.24) is 14.9 Å². The van der Waals surface area contributed by atoms with Gasteiger partial charge in [0.05, 0.1) is 36.3 Å². The van der Waals surface area contributed by atoms with E-state index in [0.29, 0.717) is 28.9 Å². The van der Waals surface area contributed by atoms with Crippen molar-refractivity contribution in [3.63, 3.8) is 0 Å². The van der Waals surface area contributed by atoms with Gasteiger partial charge in [0.2, 0.25) is 21.9 Å². The van der Waals surface area contributed by atoms with Crippen LogP contribution in [0.1, 0.15) is 76.0 Å². The van der Waals surface area contributed by atoms with Crippen LogP contribution in [0.3, 0.4) is 0 Å². The molecule has 11 heteroatoms. The van der Waals surface area contributed by atoms with Gasteiger partial charge in [0.25, 0.3) is 0 Å². The molecule has 2 aromatic rings. The van der Waals surface area contributed by atoms with Gasteiger partial charge in [-0.1, -0.05) is 32.4 Å². The molecule has 0 bridgehead atoms. The van der Waals surface area contributed by atoms with Crippen molar-refractivity contribution >= 4 is 28.0 Å².